The van der Waals surface area contributed by atoms with Gasteiger partial charge in [-0.2, -0.15) is 0 Å². The molecule has 1 atom stereocenters. The first kappa shape index (κ1) is 20.0. The van der Waals surface area contributed by atoms with Crippen LogP contribution in [0.4, 0.5) is 8.78 Å². The summed E-state index contributed by atoms with van der Waals surface area (Å²) in [5.74, 6) is -0.335. The van der Waals surface area contributed by atoms with Gasteiger partial charge in [-0.3, -0.25) is 9.69 Å². The van der Waals surface area contributed by atoms with Gasteiger partial charge in [0.15, 0.2) is 0 Å². The van der Waals surface area contributed by atoms with E-state index in [9.17, 15) is 13.6 Å². The van der Waals surface area contributed by atoms with Crippen LogP contribution in [0.5, 0.6) is 0 Å². The van der Waals surface area contributed by atoms with Crippen LogP contribution in [0.3, 0.4) is 0 Å². The normalized spacial score (nSPS) is 17.0. The number of hydrogen-bond acceptors (Lipinski definition) is 3. The average molecular weight is 393 g/mol. The van der Waals surface area contributed by atoms with E-state index in [1.54, 1.807) is 11.3 Å². The third-order valence-electron chi connectivity index (χ3n) is 5.25. The zero-order valence-corrected chi connectivity index (χ0v) is 16.4. The molecule has 1 fully saturated rings. The Labute approximate surface area is 163 Å². The predicted molar refractivity (Wildman–Crippen MR) is 105 cm³/mol. The van der Waals surface area contributed by atoms with E-state index in [4.69, 9.17) is 0 Å². The summed E-state index contributed by atoms with van der Waals surface area (Å²) in [5.41, 5.74) is 0.241. The number of thiophene rings is 1. The van der Waals surface area contributed by atoms with Crippen LogP contribution in [0.1, 0.15) is 42.7 Å². The molecule has 3 nitrogen and oxygen atoms in total. The minimum atomic E-state index is -0.483. The summed E-state index contributed by atoms with van der Waals surface area (Å²) in [6.45, 7) is 4.90. The summed E-state index contributed by atoms with van der Waals surface area (Å²) in [6, 6.07) is 7.67. The maximum absolute atomic E-state index is 13.7. The highest BCUT2D eigenvalue weighted by Crippen LogP contribution is 2.29. The molecule has 0 spiro atoms. The number of carbonyl (C=O) groups excluding carboxylic acids is 1. The largest absolute Gasteiger partial charge is 0.354 e. The Morgan fingerprint density at radius 1 is 1.30 bits per heavy atom. The second-order valence-electron chi connectivity index (χ2n) is 7.29. The van der Waals surface area contributed by atoms with Gasteiger partial charge in [0.05, 0.1) is 6.04 Å². The number of nitrogens with one attached hydrogen (secondary N) is 1. The van der Waals surface area contributed by atoms with Crippen molar-refractivity contribution in [3.63, 3.8) is 0 Å². The Morgan fingerprint density at radius 2 is 2.07 bits per heavy atom. The number of hydrogen-bond donors (Lipinski definition) is 1. The van der Waals surface area contributed by atoms with Crippen molar-refractivity contribution in [2.24, 2.45) is 5.92 Å². The molecule has 1 amide bonds. The third kappa shape index (κ3) is 5.59. The van der Waals surface area contributed by atoms with E-state index in [0.29, 0.717) is 6.54 Å². The van der Waals surface area contributed by atoms with Crippen LogP contribution in [0.25, 0.3) is 0 Å². The topological polar surface area (TPSA) is 32.3 Å². The number of aryl methyl sites for hydroxylation is 1. The zero-order chi connectivity index (χ0) is 19.2. The molecule has 0 radical (unpaired) electrons. The van der Waals surface area contributed by atoms with E-state index >= 15 is 0 Å². The number of carbonyl (C=O) groups is 1. The lowest BCUT2D eigenvalue weighted by molar-refractivity contribution is -0.121. The highest BCUT2D eigenvalue weighted by Gasteiger charge is 2.25. The lowest BCUT2D eigenvalue weighted by Crippen LogP contribution is -2.41. The fourth-order valence-electron chi connectivity index (χ4n) is 3.51. The SMILES string of the molecule is CC1CCN(C(CNC(=O)CCc2cc(F)ccc2F)c2cccs2)CC1. The maximum Gasteiger partial charge on any atom is 0.220 e. The minimum Gasteiger partial charge on any atom is -0.354 e. The Kier molecular flexibility index (Phi) is 6.96. The number of rotatable bonds is 7. The molecule has 27 heavy (non-hydrogen) atoms. The van der Waals surface area contributed by atoms with Crippen LogP contribution < -0.4 is 5.32 Å². The van der Waals surface area contributed by atoms with Gasteiger partial charge in [-0.25, -0.2) is 8.78 Å². The van der Waals surface area contributed by atoms with Gasteiger partial charge in [-0.1, -0.05) is 13.0 Å². The fraction of sp³-hybridized carbons (Fsp3) is 0.476. The molecule has 0 saturated carbocycles. The first-order valence-electron chi connectivity index (χ1n) is 9.51. The number of piperidine rings is 1. The second kappa shape index (κ2) is 9.42. The predicted octanol–water partition coefficient (Wildman–Crippen LogP) is 4.55. The highest BCUT2D eigenvalue weighted by molar-refractivity contribution is 7.10. The van der Waals surface area contributed by atoms with E-state index in [1.165, 1.54) is 17.7 Å². The van der Waals surface area contributed by atoms with Crippen LogP contribution in [-0.4, -0.2) is 30.4 Å². The molecule has 6 heteroatoms. The standard InChI is InChI=1S/C21H26F2N2OS/c1-15-8-10-25(11-9-15)19(20-3-2-12-27-20)14-24-21(26)7-4-16-13-17(22)5-6-18(16)23/h2-3,5-6,12-13,15,19H,4,7-11,14H2,1H3,(H,24,26). The second-order valence-corrected chi connectivity index (χ2v) is 8.27. The average Bonchev–Trinajstić information content (AvgIpc) is 3.18. The zero-order valence-electron chi connectivity index (χ0n) is 15.6. The van der Waals surface area contributed by atoms with Crippen molar-refractivity contribution in [1.82, 2.24) is 10.2 Å². The van der Waals surface area contributed by atoms with Gasteiger partial charge in [0, 0.05) is 17.8 Å². The number of nitrogens with zero attached hydrogens (tertiary/aromatic N) is 1. The lowest BCUT2D eigenvalue weighted by Gasteiger charge is -2.36. The third-order valence-corrected chi connectivity index (χ3v) is 6.23. The van der Waals surface area contributed by atoms with E-state index in [1.807, 2.05) is 6.07 Å². The van der Waals surface area contributed by atoms with E-state index in [0.717, 1.165) is 37.2 Å². The molecule has 1 aliphatic heterocycles. The van der Waals surface area contributed by atoms with Crippen molar-refractivity contribution < 1.29 is 13.6 Å². The van der Waals surface area contributed by atoms with Gasteiger partial charge < -0.3 is 5.32 Å². The monoisotopic (exact) mass is 392 g/mol. The molecule has 2 heterocycles. The fourth-order valence-corrected chi connectivity index (χ4v) is 4.37. The molecular weight excluding hydrogens is 366 g/mol. The van der Waals surface area contributed by atoms with Crippen LogP contribution in [0, 0.1) is 17.6 Å². The maximum atomic E-state index is 13.7. The molecule has 146 valence electrons. The highest BCUT2D eigenvalue weighted by atomic mass is 32.1. The Hall–Kier alpha value is -1.79. The summed E-state index contributed by atoms with van der Waals surface area (Å²) in [7, 11) is 0. The van der Waals surface area contributed by atoms with Crippen molar-refractivity contribution in [1.29, 1.82) is 0 Å². The van der Waals surface area contributed by atoms with E-state index in [-0.39, 0.29) is 30.4 Å². The molecule has 1 saturated heterocycles. The Morgan fingerprint density at radius 3 is 2.78 bits per heavy atom. The van der Waals surface area contributed by atoms with Crippen molar-refractivity contribution >= 4 is 17.2 Å². The molecule has 3 rings (SSSR count). The van der Waals surface area contributed by atoms with Gasteiger partial charge in [0.2, 0.25) is 5.91 Å². The number of amides is 1. The van der Waals surface area contributed by atoms with Crippen molar-refractivity contribution in [3.05, 3.63) is 57.8 Å². The first-order valence-corrected chi connectivity index (χ1v) is 10.4. The Balaban J connectivity index is 1.55. The van der Waals surface area contributed by atoms with Crippen LogP contribution in [0.15, 0.2) is 35.7 Å². The number of benzene rings is 1. The number of likely N-dealkylation sites (tertiary alicyclic amines) is 1. The summed E-state index contributed by atoms with van der Waals surface area (Å²) < 4.78 is 26.9. The van der Waals surface area contributed by atoms with Crippen molar-refractivity contribution in [3.8, 4) is 0 Å². The molecule has 2 aromatic rings. The molecule has 0 aliphatic carbocycles. The number of halogens is 2. The minimum absolute atomic E-state index is 0.134. The van der Waals surface area contributed by atoms with Crippen LogP contribution >= 0.6 is 11.3 Å². The van der Waals surface area contributed by atoms with Gasteiger partial charge in [-0.15, -0.1) is 11.3 Å². The van der Waals surface area contributed by atoms with Gasteiger partial charge in [0.1, 0.15) is 11.6 Å². The van der Waals surface area contributed by atoms with E-state index in [2.05, 4.69) is 28.6 Å². The van der Waals surface area contributed by atoms with Crippen molar-refractivity contribution in [2.75, 3.05) is 19.6 Å². The quantitative estimate of drug-likeness (QED) is 0.750. The summed E-state index contributed by atoms with van der Waals surface area (Å²) in [6.07, 6.45) is 2.69. The smallest absolute Gasteiger partial charge is 0.220 e. The van der Waals surface area contributed by atoms with Crippen LogP contribution in [-0.2, 0) is 11.2 Å². The van der Waals surface area contributed by atoms with Crippen molar-refractivity contribution in [2.45, 2.75) is 38.6 Å². The molecule has 0 bridgehead atoms. The molecule has 1 aromatic heterocycles. The van der Waals surface area contributed by atoms with Gasteiger partial charge >= 0.3 is 0 Å². The molecule has 1 N–H and O–H groups in total. The molecule has 1 aromatic carbocycles. The summed E-state index contributed by atoms with van der Waals surface area (Å²) in [5, 5.41) is 5.05. The lowest BCUT2D eigenvalue weighted by atomic mass is 9.97. The molecule has 1 aliphatic rings. The van der Waals surface area contributed by atoms with E-state index < -0.39 is 11.6 Å². The molecular formula is C21H26F2N2OS. The first-order chi connectivity index (χ1) is 13.0. The Bertz CT molecular complexity index is 743. The summed E-state index contributed by atoms with van der Waals surface area (Å²) in [4.78, 5) is 16.0. The van der Waals surface area contributed by atoms with Crippen LogP contribution in [0.2, 0.25) is 0 Å². The molecule has 1 unspecified atom stereocenters. The van der Waals surface area contributed by atoms with Gasteiger partial charge in [-0.05, 0) is 73.5 Å². The summed E-state index contributed by atoms with van der Waals surface area (Å²) >= 11 is 1.71. The van der Waals surface area contributed by atoms with Gasteiger partial charge in [0.25, 0.3) is 0 Å².